The molecule has 27 heavy (non-hydrogen) atoms. The van der Waals surface area contributed by atoms with Crippen LogP contribution in [0.2, 0.25) is 0 Å². The maximum absolute atomic E-state index is 12.5. The summed E-state index contributed by atoms with van der Waals surface area (Å²) in [7, 11) is 0. The first kappa shape index (κ1) is 16.8. The molecule has 0 fully saturated rings. The molecule has 4 aromatic rings. The van der Waals surface area contributed by atoms with Crippen molar-refractivity contribution in [3.05, 3.63) is 69.8 Å². The van der Waals surface area contributed by atoms with Crippen molar-refractivity contribution < 1.29 is 4.79 Å². The Morgan fingerprint density at radius 1 is 1.04 bits per heavy atom. The lowest BCUT2D eigenvalue weighted by Gasteiger charge is -2.08. The Hall–Kier alpha value is -3.61. The van der Waals surface area contributed by atoms with E-state index in [2.05, 4.69) is 25.5 Å². The molecule has 0 unspecified atom stereocenters. The van der Waals surface area contributed by atoms with Gasteiger partial charge in [0.25, 0.3) is 5.56 Å². The minimum atomic E-state index is -0.275. The molecular formula is C20H17N5O2. The topological polar surface area (TPSA) is 101 Å². The third-order valence-electron chi connectivity index (χ3n) is 4.38. The Labute approximate surface area is 154 Å². The van der Waals surface area contributed by atoms with Crippen LogP contribution < -0.4 is 10.9 Å². The number of nitrogens with one attached hydrogen (secondary N) is 2. The molecule has 0 radical (unpaired) electrons. The van der Waals surface area contributed by atoms with Crippen molar-refractivity contribution in [1.82, 2.24) is 20.2 Å². The molecule has 0 aliphatic heterocycles. The zero-order chi connectivity index (χ0) is 19.0. The fourth-order valence-electron chi connectivity index (χ4n) is 3.15. The zero-order valence-electron chi connectivity index (χ0n) is 14.9. The van der Waals surface area contributed by atoms with Gasteiger partial charge in [0, 0.05) is 16.5 Å². The van der Waals surface area contributed by atoms with Crippen LogP contribution in [0.15, 0.2) is 47.3 Å². The van der Waals surface area contributed by atoms with Crippen LogP contribution in [0.25, 0.3) is 21.8 Å². The smallest absolute Gasteiger partial charge is 0.272 e. The minimum Gasteiger partial charge on any atom is -0.310 e. The van der Waals surface area contributed by atoms with Crippen LogP contribution in [0.1, 0.15) is 17.0 Å². The SMILES string of the molecule is Cc1cc(C)c2ccc(NC(=O)Cc3n[nH]c(=O)c4ccccc34)nc2n1. The van der Waals surface area contributed by atoms with Crippen molar-refractivity contribution in [2.75, 3.05) is 5.32 Å². The number of aromatic nitrogens is 4. The number of fused-ring (bicyclic) bond motifs is 2. The van der Waals surface area contributed by atoms with Crippen LogP contribution in [-0.4, -0.2) is 26.1 Å². The predicted molar refractivity (Wildman–Crippen MR) is 104 cm³/mol. The highest BCUT2D eigenvalue weighted by Gasteiger charge is 2.12. The number of hydrogen-bond acceptors (Lipinski definition) is 5. The van der Waals surface area contributed by atoms with E-state index in [-0.39, 0.29) is 17.9 Å². The number of rotatable bonds is 3. The first-order valence-corrected chi connectivity index (χ1v) is 8.52. The number of carbonyl (C=O) groups excluding carboxylic acids is 1. The third-order valence-corrected chi connectivity index (χ3v) is 4.38. The summed E-state index contributed by atoms with van der Waals surface area (Å²) in [4.78, 5) is 33.2. The predicted octanol–water partition coefficient (Wildman–Crippen LogP) is 2.66. The average molecular weight is 359 g/mol. The number of nitrogens with zero attached hydrogens (tertiary/aromatic N) is 3. The lowest BCUT2D eigenvalue weighted by molar-refractivity contribution is -0.115. The molecule has 1 amide bonds. The molecule has 3 heterocycles. The van der Waals surface area contributed by atoms with Gasteiger partial charge in [0.15, 0.2) is 5.65 Å². The molecule has 1 aromatic carbocycles. The van der Waals surface area contributed by atoms with Crippen LogP contribution in [0, 0.1) is 13.8 Å². The highest BCUT2D eigenvalue weighted by Crippen LogP contribution is 2.19. The van der Waals surface area contributed by atoms with E-state index in [9.17, 15) is 9.59 Å². The molecule has 7 heteroatoms. The van der Waals surface area contributed by atoms with E-state index in [0.29, 0.717) is 27.9 Å². The number of anilines is 1. The molecule has 0 spiro atoms. The molecule has 134 valence electrons. The van der Waals surface area contributed by atoms with Crippen LogP contribution in [0.4, 0.5) is 5.82 Å². The number of hydrogen-bond donors (Lipinski definition) is 2. The lowest BCUT2D eigenvalue weighted by atomic mass is 10.1. The van der Waals surface area contributed by atoms with E-state index < -0.39 is 0 Å². The van der Waals surface area contributed by atoms with E-state index in [1.54, 1.807) is 24.3 Å². The monoisotopic (exact) mass is 359 g/mol. The van der Waals surface area contributed by atoms with Gasteiger partial charge >= 0.3 is 0 Å². The molecule has 0 saturated heterocycles. The van der Waals surface area contributed by atoms with Gasteiger partial charge in [0.05, 0.1) is 17.5 Å². The van der Waals surface area contributed by atoms with Gasteiger partial charge in [-0.2, -0.15) is 5.10 Å². The summed E-state index contributed by atoms with van der Waals surface area (Å²) in [5.74, 6) is 0.162. The van der Waals surface area contributed by atoms with Gasteiger partial charge < -0.3 is 5.32 Å². The van der Waals surface area contributed by atoms with Crippen molar-refractivity contribution in [3.8, 4) is 0 Å². The normalized spacial score (nSPS) is 11.0. The highest BCUT2D eigenvalue weighted by atomic mass is 16.1. The van der Waals surface area contributed by atoms with E-state index in [1.165, 1.54) is 0 Å². The summed E-state index contributed by atoms with van der Waals surface area (Å²) in [5.41, 5.74) is 2.79. The van der Waals surface area contributed by atoms with Crippen LogP contribution >= 0.6 is 0 Å². The van der Waals surface area contributed by atoms with Gasteiger partial charge in [-0.05, 0) is 43.7 Å². The van der Waals surface area contributed by atoms with Gasteiger partial charge in [0.2, 0.25) is 5.91 Å². The first-order valence-electron chi connectivity index (χ1n) is 8.52. The van der Waals surface area contributed by atoms with Crippen LogP contribution in [0.5, 0.6) is 0 Å². The number of aryl methyl sites for hydroxylation is 2. The molecule has 0 bridgehead atoms. The number of pyridine rings is 2. The Morgan fingerprint density at radius 3 is 2.63 bits per heavy atom. The summed E-state index contributed by atoms with van der Waals surface area (Å²) < 4.78 is 0. The highest BCUT2D eigenvalue weighted by molar-refractivity contribution is 5.95. The fourth-order valence-corrected chi connectivity index (χ4v) is 3.15. The molecule has 0 aliphatic carbocycles. The fraction of sp³-hybridized carbons (Fsp3) is 0.150. The number of H-pyrrole nitrogens is 1. The molecule has 7 nitrogen and oxygen atoms in total. The Morgan fingerprint density at radius 2 is 1.81 bits per heavy atom. The molecule has 0 saturated carbocycles. The van der Waals surface area contributed by atoms with E-state index in [0.717, 1.165) is 16.6 Å². The maximum atomic E-state index is 12.5. The summed E-state index contributed by atoms with van der Waals surface area (Å²) in [6.45, 7) is 3.91. The second kappa shape index (κ2) is 6.60. The van der Waals surface area contributed by atoms with Gasteiger partial charge in [-0.25, -0.2) is 15.1 Å². The second-order valence-corrected chi connectivity index (χ2v) is 6.42. The van der Waals surface area contributed by atoms with Crippen molar-refractivity contribution in [3.63, 3.8) is 0 Å². The quantitative estimate of drug-likeness (QED) is 0.586. The summed E-state index contributed by atoms with van der Waals surface area (Å²) >= 11 is 0. The molecule has 2 N–H and O–H groups in total. The van der Waals surface area contributed by atoms with Gasteiger partial charge in [-0.1, -0.05) is 18.2 Å². The number of carbonyl (C=O) groups is 1. The minimum absolute atomic E-state index is 0.0251. The average Bonchev–Trinajstić information content (AvgIpc) is 2.64. The standard InChI is InChI=1S/C20H17N5O2/c1-11-9-12(2)21-19-13(11)7-8-17(23-19)22-18(26)10-16-14-5-3-4-6-15(14)20(27)25-24-16/h3-9H,10H2,1-2H3,(H,25,27)(H,21,22,23,26). The molecule has 4 rings (SSSR count). The molecular weight excluding hydrogens is 342 g/mol. The van der Waals surface area contributed by atoms with Crippen LogP contribution in [0.3, 0.4) is 0 Å². The Bertz CT molecular complexity index is 1250. The van der Waals surface area contributed by atoms with Gasteiger partial charge in [0.1, 0.15) is 5.82 Å². The van der Waals surface area contributed by atoms with E-state index >= 15 is 0 Å². The maximum Gasteiger partial charge on any atom is 0.272 e. The second-order valence-electron chi connectivity index (χ2n) is 6.42. The van der Waals surface area contributed by atoms with Crippen molar-refractivity contribution in [1.29, 1.82) is 0 Å². The van der Waals surface area contributed by atoms with Crippen LogP contribution in [-0.2, 0) is 11.2 Å². The van der Waals surface area contributed by atoms with E-state index in [1.807, 2.05) is 32.0 Å². The number of aromatic amines is 1. The van der Waals surface area contributed by atoms with Crippen molar-refractivity contribution in [2.24, 2.45) is 0 Å². The zero-order valence-corrected chi connectivity index (χ0v) is 14.9. The molecule has 3 aromatic heterocycles. The first-order chi connectivity index (χ1) is 13.0. The van der Waals surface area contributed by atoms with E-state index in [4.69, 9.17) is 0 Å². The summed E-state index contributed by atoms with van der Waals surface area (Å²) in [5, 5.41) is 11.4. The Balaban J connectivity index is 1.61. The molecule has 0 aliphatic rings. The lowest BCUT2D eigenvalue weighted by Crippen LogP contribution is -2.19. The largest absolute Gasteiger partial charge is 0.310 e. The summed E-state index contributed by atoms with van der Waals surface area (Å²) in [6.07, 6.45) is 0.0251. The molecule has 0 atom stereocenters. The number of amides is 1. The van der Waals surface area contributed by atoms with Gasteiger partial charge in [-0.3, -0.25) is 9.59 Å². The van der Waals surface area contributed by atoms with Crippen molar-refractivity contribution >= 4 is 33.5 Å². The van der Waals surface area contributed by atoms with Crippen molar-refractivity contribution in [2.45, 2.75) is 20.3 Å². The third kappa shape index (κ3) is 3.27. The van der Waals surface area contributed by atoms with Gasteiger partial charge in [-0.15, -0.1) is 0 Å². The Kier molecular flexibility index (Phi) is 4.12. The summed E-state index contributed by atoms with van der Waals surface area (Å²) in [6, 6.07) is 12.7. The number of benzene rings is 1.